The largest absolute Gasteiger partial charge is 0.341 e. The van der Waals surface area contributed by atoms with Crippen LogP contribution in [0.3, 0.4) is 0 Å². The van der Waals surface area contributed by atoms with Crippen LogP contribution in [-0.2, 0) is 4.79 Å². The minimum Gasteiger partial charge on any atom is -0.341 e. The predicted molar refractivity (Wildman–Crippen MR) is 88.9 cm³/mol. The maximum absolute atomic E-state index is 14.3. The Labute approximate surface area is 138 Å². The third kappa shape index (κ3) is 2.45. The van der Waals surface area contributed by atoms with Crippen LogP contribution in [0.15, 0.2) is 30.5 Å². The molecule has 2 saturated heterocycles. The van der Waals surface area contributed by atoms with E-state index in [-0.39, 0.29) is 18.4 Å². The number of carbonyl (C=O) groups excluding carboxylic acids is 2. The van der Waals surface area contributed by atoms with Crippen LogP contribution in [-0.4, -0.2) is 42.3 Å². The molecule has 2 atom stereocenters. The van der Waals surface area contributed by atoms with Gasteiger partial charge in [-0.15, -0.1) is 0 Å². The second-order valence-corrected chi connectivity index (χ2v) is 6.26. The Morgan fingerprint density at radius 1 is 1.21 bits per heavy atom. The molecule has 3 amide bonds. The highest BCUT2D eigenvalue weighted by Crippen LogP contribution is 2.33. The van der Waals surface area contributed by atoms with Crippen molar-refractivity contribution in [1.29, 1.82) is 0 Å². The van der Waals surface area contributed by atoms with Crippen LogP contribution in [0, 0.1) is 0 Å². The van der Waals surface area contributed by atoms with E-state index in [2.05, 4.69) is 10.6 Å². The van der Waals surface area contributed by atoms with E-state index >= 15 is 0 Å². The SMILES string of the molecule is O=C1CCN(c2cccc3c2ccn3[C@@H]2CCNC[C@H]2F)C(=O)N1. The van der Waals surface area contributed by atoms with Gasteiger partial charge >= 0.3 is 6.03 Å². The summed E-state index contributed by atoms with van der Waals surface area (Å²) in [4.78, 5) is 25.1. The number of anilines is 1. The molecule has 2 aromatic rings. The molecule has 0 unspecified atom stereocenters. The van der Waals surface area contributed by atoms with E-state index < -0.39 is 12.2 Å². The number of fused-ring (bicyclic) bond motifs is 1. The van der Waals surface area contributed by atoms with Gasteiger partial charge in [0.2, 0.25) is 5.91 Å². The zero-order chi connectivity index (χ0) is 16.7. The first-order chi connectivity index (χ1) is 11.6. The lowest BCUT2D eigenvalue weighted by Crippen LogP contribution is -2.49. The van der Waals surface area contributed by atoms with Crippen molar-refractivity contribution in [2.24, 2.45) is 0 Å². The number of hydrogen-bond donors (Lipinski definition) is 2. The monoisotopic (exact) mass is 330 g/mol. The van der Waals surface area contributed by atoms with Gasteiger partial charge in [0.15, 0.2) is 0 Å². The Morgan fingerprint density at radius 2 is 2.08 bits per heavy atom. The van der Waals surface area contributed by atoms with E-state index in [1.807, 2.05) is 35.0 Å². The number of rotatable bonds is 2. The molecule has 2 aliphatic rings. The molecule has 0 saturated carbocycles. The smallest absolute Gasteiger partial charge is 0.328 e. The Bertz CT molecular complexity index is 803. The van der Waals surface area contributed by atoms with Crippen molar-refractivity contribution >= 4 is 28.5 Å². The van der Waals surface area contributed by atoms with Crippen molar-refractivity contribution in [1.82, 2.24) is 15.2 Å². The minimum atomic E-state index is -0.936. The quantitative estimate of drug-likeness (QED) is 0.885. The van der Waals surface area contributed by atoms with E-state index in [4.69, 9.17) is 0 Å². The fourth-order valence-corrected chi connectivity index (χ4v) is 3.61. The fraction of sp³-hybridized carbons (Fsp3) is 0.412. The van der Waals surface area contributed by atoms with Crippen LogP contribution < -0.4 is 15.5 Å². The topological polar surface area (TPSA) is 66.4 Å². The maximum Gasteiger partial charge on any atom is 0.328 e. The molecule has 2 N–H and O–H groups in total. The van der Waals surface area contributed by atoms with Gasteiger partial charge < -0.3 is 9.88 Å². The number of urea groups is 1. The number of aromatic nitrogens is 1. The van der Waals surface area contributed by atoms with Crippen LogP contribution in [0.4, 0.5) is 14.9 Å². The highest BCUT2D eigenvalue weighted by atomic mass is 19.1. The third-order valence-corrected chi connectivity index (χ3v) is 4.82. The molecule has 0 spiro atoms. The second kappa shape index (κ2) is 5.90. The van der Waals surface area contributed by atoms with Crippen molar-refractivity contribution in [3.8, 4) is 0 Å². The molecule has 0 aliphatic carbocycles. The number of piperidine rings is 1. The molecule has 3 heterocycles. The molecule has 2 aliphatic heterocycles. The van der Waals surface area contributed by atoms with E-state index in [1.165, 1.54) is 0 Å². The van der Waals surface area contributed by atoms with E-state index in [0.717, 1.165) is 29.6 Å². The highest BCUT2D eigenvalue weighted by molar-refractivity contribution is 6.09. The normalized spacial score (nSPS) is 25.1. The molecule has 2 fully saturated rings. The molecule has 24 heavy (non-hydrogen) atoms. The summed E-state index contributed by atoms with van der Waals surface area (Å²) in [6, 6.07) is 6.99. The predicted octanol–water partition coefficient (Wildman–Crippen LogP) is 1.96. The molecule has 1 aromatic carbocycles. The number of imide groups is 1. The molecule has 0 radical (unpaired) electrons. The van der Waals surface area contributed by atoms with Crippen LogP contribution in [0.1, 0.15) is 18.9 Å². The molecule has 7 heteroatoms. The number of benzene rings is 1. The molecule has 1 aromatic heterocycles. The van der Waals surface area contributed by atoms with Crippen molar-refractivity contribution in [3.63, 3.8) is 0 Å². The highest BCUT2D eigenvalue weighted by Gasteiger charge is 2.29. The summed E-state index contributed by atoms with van der Waals surface area (Å²) in [5.41, 5.74) is 1.66. The summed E-state index contributed by atoms with van der Waals surface area (Å²) in [5, 5.41) is 6.30. The average Bonchev–Trinajstić information content (AvgIpc) is 2.99. The zero-order valence-corrected chi connectivity index (χ0v) is 13.2. The third-order valence-electron chi connectivity index (χ3n) is 4.82. The Balaban J connectivity index is 1.74. The summed E-state index contributed by atoms with van der Waals surface area (Å²) in [6.07, 6.45) is 1.97. The van der Waals surface area contributed by atoms with Crippen molar-refractivity contribution < 1.29 is 14.0 Å². The number of carbonyl (C=O) groups is 2. The molecular formula is C17H19FN4O2. The van der Waals surface area contributed by atoms with Gasteiger partial charge in [-0.25, -0.2) is 9.18 Å². The van der Waals surface area contributed by atoms with Gasteiger partial charge in [-0.2, -0.15) is 0 Å². The standard InChI is InChI=1S/C17H19FN4O2/c18-12-10-19-7-4-15(12)21-8-5-11-13(21)2-1-3-14(11)22-9-6-16(23)20-17(22)24/h1-3,5,8,12,15,19H,4,6-7,9-10H2,(H,20,23,24)/t12-,15-/m1/s1. The van der Waals surface area contributed by atoms with Gasteiger partial charge in [-0.1, -0.05) is 6.07 Å². The van der Waals surface area contributed by atoms with Crippen molar-refractivity contribution in [2.45, 2.75) is 25.1 Å². The molecular weight excluding hydrogens is 311 g/mol. The lowest BCUT2D eigenvalue weighted by atomic mass is 10.0. The number of amides is 3. The number of halogens is 1. The number of alkyl halides is 1. The first kappa shape index (κ1) is 15.1. The Hall–Kier alpha value is -2.41. The number of nitrogens with zero attached hydrogens (tertiary/aromatic N) is 2. The van der Waals surface area contributed by atoms with E-state index in [9.17, 15) is 14.0 Å². The van der Waals surface area contributed by atoms with Gasteiger partial charge in [0, 0.05) is 31.1 Å². The average molecular weight is 330 g/mol. The van der Waals surface area contributed by atoms with Gasteiger partial charge in [0.25, 0.3) is 0 Å². The van der Waals surface area contributed by atoms with Crippen molar-refractivity contribution in [2.75, 3.05) is 24.5 Å². The molecule has 4 rings (SSSR count). The summed E-state index contributed by atoms with van der Waals surface area (Å²) < 4.78 is 16.3. The number of nitrogens with one attached hydrogen (secondary N) is 2. The molecule has 126 valence electrons. The van der Waals surface area contributed by atoms with Crippen molar-refractivity contribution in [3.05, 3.63) is 30.5 Å². The minimum absolute atomic E-state index is 0.198. The Kier molecular flexibility index (Phi) is 3.72. The van der Waals surface area contributed by atoms with Crippen LogP contribution in [0.25, 0.3) is 10.9 Å². The van der Waals surface area contributed by atoms with Gasteiger partial charge in [0.05, 0.1) is 17.2 Å². The fourth-order valence-electron chi connectivity index (χ4n) is 3.61. The summed E-state index contributed by atoms with van der Waals surface area (Å²) >= 11 is 0. The van der Waals surface area contributed by atoms with Crippen LogP contribution in [0.5, 0.6) is 0 Å². The zero-order valence-electron chi connectivity index (χ0n) is 13.2. The van der Waals surface area contributed by atoms with Crippen LogP contribution >= 0.6 is 0 Å². The van der Waals surface area contributed by atoms with Gasteiger partial charge in [0.1, 0.15) is 6.17 Å². The summed E-state index contributed by atoms with van der Waals surface area (Å²) in [7, 11) is 0. The molecule has 6 nitrogen and oxygen atoms in total. The summed E-state index contributed by atoms with van der Waals surface area (Å²) in [5.74, 6) is -0.254. The lowest BCUT2D eigenvalue weighted by molar-refractivity contribution is -0.120. The maximum atomic E-state index is 14.3. The van der Waals surface area contributed by atoms with Crippen LogP contribution in [0.2, 0.25) is 0 Å². The van der Waals surface area contributed by atoms with Gasteiger partial charge in [-0.3, -0.25) is 15.0 Å². The summed E-state index contributed by atoms with van der Waals surface area (Å²) in [6.45, 7) is 1.51. The molecule has 0 bridgehead atoms. The number of hydrogen-bond acceptors (Lipinski definition) is 3. The van der Waals surface area contributed by atoms with E-state index in [1.54, 1.807) is 4.90 Å². The Morgan fingerprint density at radius 3 is 2.88 bits per heavy atom. The second-order valence-electron chi connectivity index (χ2n) is 6.26. The first-order valence-corrected chi connectivity index (χ1v) is 8.21. The first-order valence-electron chi connectivity index (χ1n) is 8.21. The lowest BCUT2D eigenvalue weighted by Gasteiger charge is -2.29. The van der Waals surface area contributed by atoms with Gasteiger partial charge in [-0.05, 0) is 31.2 Å². The van der Waals surface area contributed by atoms with E-state index in [0.29, 0.717) is 13.1 Å².